The Morgan fingerprint density at radius 1 is 1.20 bits per heavy atom. The molecule has 0 bridgehead atoms. The number of amides is 1. The zero-order valence-corrected chi connectivity index (χ0v) is 20.6. The molecule has 0 saturated carbocycles. The topological polar surface area (TPSA) is 96.9 Å². The number of fused-ring (bicyclic) bond motifs is 1. The van der Waals surface area contributed by atoms with Crippen molar-refractivity contribution in [3.05, 3.63) is 70.9 Å². The third kappa shape index (κ3) is 4.49. The fourth-order valence-corrected chi connectivity index (χ4v) is 4.54. The summed E-state index contributed by atoms with van der Waals surface area (Å²) in [6, 6.07) is 9.01. The first-order valence-corrected chi connectivity index (χ1v) is 11.6. The molecule has 1 aliphatic rings. The summed E-state index contributed by atoms with van der Waals surface area (Å²) in [5.74, 6) is 1.16. The van der Waals surface area contributed by atoms with Crippen molar-refractivity contribution in [1.29, 1.82) is 0 Å². The van der Waals surface area contributed by atoms with E-state index < -0.39 is 6.04 Å². The third-order valence-electron chi connectivity index (χ3n) is 6.04. The van der Waals surface area contributed by atoms with Crippen LogP contribution >= 0.6 is 0 Å². The fourth-order valence-electron chi connectivity index (χ4n) is 4.54. The number of rotatable bonds is 10. The standard InChI is InChI=1S/C27H31N3O5/c1-6-11-35-20-9-8-18(15-21(20)34-7-2)25-22-23(19-14-16(3)13-17(4)26(19)31)28-29-24(22)27(32)30(25)10-12-33-5/h6,8-9,13-15,25,31H,1,7,10-12H2,2-5H3,(H,28,29). The van der Waals surface area contributed by atoms with Crippen molar-refractivity contribution in [2.24, 2.45) is 0 Å². The minimum absolute atomic E-state index is 0.148. The van der Waals surface area contributed by atoms with Gasteiger partial charge in [0, 0.05) is 24.8 Å². The fraction of sp³-hybridized carbons (Fsp3) is 0.333. The van der Waals surface area contributed by atoms with Crippen LogP contribution in [0.25, 0.3) is 11.3 Å². The molecule has 1 atom stereocenters. The average molecular weight is 478 g/mol. The molecule has 4 rings (SSSR count). The Morgan fingerprint density at radius 3 is 2.71 bits per heavy atom. The van der Waals surface area contributed by atoms with Gasteiger partial charge in [0.25, 0.3) is 5.91 Å². The van der Waals surface area contributed by atoms with Gasteiger partial charge in [-0.3, -0.25) is 9.89 Å². The highest BCUT2D eigenvalue weighted by molar-refractivity contribution is 6.00. The van der Waals surface area contributed by atoms with Gasteiger partial charge in [0.1, 0.15) is 23.7 Å². The summed E-state index contributed by atoms with van der Waals surface area (Å²) in [5, 5.41) is 18.3. The normalized spacial score (nSPS) is 14.8. The summed E-state index contributed by atoms with van der Waals surface area (Å²) in [6.07, 6.45) is 1.67. The molecule has 35 heavy (non-hydrogen) atoms. The lowest BCUT2D eigenvalue weighted by Gasteiger charge is -2.27. The molecule has 1 aliphatic heterocycles. The lowest BCUT2D eigenvalue weighted by Crippen LogP contribution is -2.32. The molecule has 3 aromatic rings. The van der Waals surface area contributed by atoms with E-state index in [-0.39, 0.29) is 11.7 Å². The van der Waals surface area contributed by atoms with Crippen LogP contribution in [0.1, 0.15) is 45.7 Å². The van der Waals surface area contributed by atoms with E-state index >= 15 is 0 Å². The maximum Gasteiger partial charge on any atom is 0.273 e. The number of nitrogens with one attached hydrogen (secondary N) is 1. The molecule has 0 radical (unpaired) electrons. The van der Waals surface area contributed by atoms with E-state index in [9.17, 15) is 9.90 Å². The van der Waals surface area contributed by atoms with Crippen LogP contribution < -0.4 is 9.47 Å². The van der Waals surface area contributed by atoms with Gasteiger partial charge in [-0.1, -0.05) is 24.8 Å². The Hall–Kier alpha value is -3.78. The number of benzene rings is 2. The number of aryl methyl sites for hydroxylation is 2. The second-order valence-corrected chi connectivity index (χ2v) is 8.47. The van der Waals surface area contributed by atoms with Crippen LogP contribution in [0.4, 0.5) is 0 Å². The molecule has 2 N–H and O–H groups in total. The number of carbonyl (C=O) groups excluding carboxylic acids is 1. The Balaban J connectivity index is 1.88. The van der Waals surface area contributed by atoms with Gasteiger partial charge < -0.3 is 24.2 Å². The number of aromatic nitrogens is 2. The van der Waals surface area contributed by atoms with E-state index in [4.69, 9.17) is 14.2 Å². The van der Waals surface area contributed by atoms with E-state index in [1.165, 1.54) is 0 Å². The van der Waals surface area contributed by atoms with Crippen LogP contribution in [0.5, 0.6) is 17.2 Å². The second kappa shape index (κ2) is 10.2. The van der Waals surface area contributed by atoms with Crippen LogP contribution in [-0.4, -0.2) is 59.6 Å². The minimum Gasteiger partial charge on any atom is -0.507 e. The molecule has 8 heteroatoms. The van der Waals surface area contributed by atoms with Gasteiger partial charge in [0.2, 0.25) is 0 Å². The Labute approximate surface area is 205 Å². The summed E-state index contributed by atoms with van der Waals surface area (Å²) in [6.45, 7) is 11.0. The highest BCUT2D eigenvalue weighted by atomic mass is 16.5. The molecule has 8 nitrogen and oxygen atoms in total. The molecular weight excluding hydrogens is 446 g/mol. The second-order valence-electron chi connectivity index (χ2n) is 8.47. The first-order valence-electron chi connectivity index (χ1n) is 11.6. The van der Waals surface area contributed by atoms with Crippen LogP contribution in [0, 0.1) is 13.8 Å². The SMILES string of the molecule is C=CCOc1ccc(C2c3c(-c4cc(C)cc(C)c4O)n[nH]c3C(=O)N2CCOC)cc1OCC. The molecule has 0 saturated heterocycles. The first-order chi connectivity index (χ1) is 16.9. The van der Waals surface area contributed by atoms with Gasteiger partial charge in [-0.15, -0.1) is 0 Å². The number of hydrogen-bond donors (Lipinski definition) is 2. The lowest BCUT2D eigenvalue weighted by atomic mass is 9.94. The van der Waals surface area contributed by atoms with Crippen molar-refractivity contribution in [2.45, 2.75) is 26.8 Å². The van der Waals surface area contributed by atoms with Gasteiger partial charge in [-0.05, 0) is 55.7 Å². The quantitative estimate of drug-likeness (QED) is 0.416. The molecule has 184 valence electrons. The summed E-state index contributed by atoms with van der Waals surface area (Å²) < 4.78 is 16.9. The van der Waals surface area contributed by atoms with Crippen LogP contribution in [0.2, 0.25) is 0 Å². The van der Waals surface area contributed by atoms with Crippen LogP contribution in [0.15, 0.2) is 43.0 Å². The van der Waals surface area contributed by atoms with Gasteiger partial charge in [-0.2, -0.15) is 5.10 Å². The van der Waals surface area contributed by atoms with Crippen LogP contribution in [-0.2, 0) is 4.74 Å². The molecule has 1 unspecified atom stereocenters. The van der Waals surface area contributed by atoms with Crippen molar-refractivity contribution in [3.8, 4) is 28.5 Å². The van der Waals surface area contributed by atoms with Crippen molar-refractivity contribution in [2.75, 3.05) is 33.5 Å². The molecule has 0 spiro atoms. The van der Waals surface area contributed by atoms with Crippen molar-refractivity contribution in [1.82, 2.24) is 15.1 Å². The van der Waals surface area contributed by atoms with E-state index in [1.807, 2.05) is 51.1 Å². The predicted octanol–water partition coefficient (Wildman–Crippen LogP) is 4.55. The number of phenols is 1. The summed E-state index contributed by atoms with van der Waals surface area (Å²) in [7, 11) is 1.61. The highest BCUT2D eigenvalue weighted by Gasteiger charge is 2.42. The monoisotopic (exact) mass is 477 g/mol. The van der Waals surface area contributed by atoms with E-state index in [0.29, 0.717) is 60.4 Å². The largest absolute Gasteiger partial charge is 0.507 e. The maximum atomic E-state index is 13.4. The smallest absolute Gasteiger partial charge is 0.273 e. The van der Waals surface area contributed by atoms with Gasteiger partial charge in [0.05, 0.1) is 19.3 Å². The Bertz CT molecular complexity index is 1250. The predicted molar refractivity (Wildman–Crippen MR) is 133 cm³/mol. The summed E-state index contributed by atoms with van der Waals surface area (Å²) in [4.78, 5) is 15.2. The number of carbonyl (C=O) groups is 1. The van der Waals surface area contributed by atoms with Crippen LogP contribution in [0.3, 0.4) is 0 Å². The van der Waals surface area contributed by atoms with Gasteiger partial charge >= 0.3 is 0 Å². The molecule has 0 aliphatic carbocycles. The molecule has 1 aromatic heterocycles. The van der Waals surface area contributed by atoms with Crippen molar-refractivity contribution >= 4 is 5.91 Å². The number of nitrogens with zero attached hydrogens (tertiary/aromatic N) is 2. The summed E-state index contributed by atoms with van der Waals surface area (Å²) >= 11 is 0. The molecular formula is C27H31N3O5. The number of methoxy groups -OCH3 is 1. The summed E-state index contributed by atoms with van der Waals surface area (Å²) in [5.41, 5.74) is 4.84. The highest BCUT2D eigenvalue weighted by Crippen LogP contribution is 2.46. The number of ether oxygens (including phenoxy) is 3. The maximum absolute atomic E-state index is 13.4. The number of aromatic hydroxyl groups is 1. The zero-order chi connectivity index (χ0) is 25.1. The number of aromatic amines is 1. The van der Waals surface area contributed by atoms with E-state index in [1.54, 1.807) is 18.1 Å². The number of H-pyrrole nitrogens is 1. The minimum atomic E-state index is -0.450. The Morgan fingerprint density at radius 2 is 2.00 bits per heavy atom. The lowest BCUT2D eigenvalue weighted by molar-refractivity contribution is 0.0677. The van der Waals surface area contributed by atoms with E-state index in [2.05, 4.69) is 16.8 Å². The van der Waals surface area contributed by atoms with Gasteiger partial charge in [-0.25, -0.2) is 0 Å². The van der Waals surface area contributed by atoms with Crippen molar-refractivity contribution < 1.29 is 24.1 Å². The third-order valence-corrected chi connectivity index (χ3v) is 6.04. The van der Waals surface area contributed by atoms with E-state index in [0.717, 1.165) is 16.7 Å². The molecule has 2 heterocycles. The molecule has 0 fully saturated rings. The van der Waals surface area contributed by atoms with Gasteiger partial charge in [0.15, 0.2) is 11.5 Å². The average Bonchev–Trinajstić information content (AvgIpc) is 3.38. The molecule has 2 aromatic carbocycles. The first kappa shape index (κ1) is 24.3. The number of hydrogen-bond acceptors (Lipinski definition) is 6. The van der Waals surface area contributed by atoms with Crippen molar-refractivity contribution in [3.63, 3.8) is 0 Å². The zero-order valence-electron chi connectivity index (χ0n) is 20.6. The number of phenolic OH excluding ortho intramolecular Hbond substituents is 1. The Kier molecular flexibility index (Phi) is 7.12. The molecule has 1 amide bonds.